The maximum absolute atomic E-state index is 12.3. The van der Waals surface area contributed by atoms with Crippen LogP contribution in [-0.4, -0.2) is 11.5 Å². The molecule has 2 atom stereocenters. The van der Waals surface area contributed by atoms with Crippen LogP contribution in [0, 0.1) is 5.92 Å². The van der Waals surface area contributed by atoms with Crippen LogP contribution in [0.1, 0.15) is 38.2 Å². The lowest BCUT2D eigenvalue weighted by molar-refractivity contribution is -0.123. The van der Waals surface area contributed by atoms with Crippen LogP contribution in [0.4, 0.5) is 0 Å². The number of Topliss-reactive ketones (excluding diaryl/α,β-unsaturated/α-hetero) is 1. The van der Waals surface area contributed by atoms with Crippen LogP contribution in [0.2, 0.25) is 0 Å². The second-order valence-corrected chi connectivity index (χ2v) is 5.56. The molecular formula is C14H18OS. The molecule has 0 amide bonds. The Labute approximate surface area is 102 Å². The molecule has 0 saturated heterocycles. The third-order valence-corrected chi connectivity index (χ3v) is 4.43. The molecule has 0 N–H and O–H groups in total. The first-order chi connectivity index (χ1) is 7.74. The van der Waals surface area contributed by atoms with Crippen LogP contribution in [0.5, 0.6) is 0 Å². The highest BCUT2D eigenvalue weighted by Crippen LogP contribution is 2.41. The molecule has 1 nitrogen and oxygen atoms in total. The van der Waals surface area contributed by atoms with Crippen molar-refractivity contribution in [2.45, 2.75) is 37.5 Å². The Bertz CT molecular complexity index is 386. The van der Waals surface area contributed by atoms with Crippen molar-refractivity contribution in [3.63, 3.8) is 0 Å². The van der Waals surface area contributed by atoms with Gasteiger partial charge in [-0.15, -0.1) is 11.8 Å². The van der Waals surface area contributed by atoms with Crippen molar-refractivity contribution in [3.8, 4) is 0 Å². The molecule has 86 valence electrons. The van der Waals surface area contributed by atoms with Gasteiger partial charge in [0, 0.05) is 16.6 Å². The van der Waals surface area contributed by atoms with Gasteiger partial charge in [-0.3, -0.25) is 4.79 Å². The van der Waals surface area contributed by atoms with Crippen LogP contribution >= 0.6 is 11.8 Å². The molecule has 0 radical (unpaired) electrons. The SMILES string of the molecule is CCCC(C)C(=O)C1CSc2ccccc21. The number of ketones is 1. The van der Waals surface area contributed by atoms with E-state index in [0.717, 1.165) is 18.6 Å². The van der Waals surface area contributed by atoms with Gasteiger partial charge in [0.25, 0.3) is 0 Å². The highest BCUT2D eigenvalue weighted by Gasteiger charge is 2.31. The largest absolute Gasteiger partial charge is 0.299 e. The Morgan fingerprint density at radius 2 is 2.25 bits per heavy atom. The molecule has 2 unspecified atom stereocenters. The lowest BCUT2D eigenvalue weighted by Gasteiger charge is -2.15. The topological polar surface area (TPSA) is 17.1 Å². The highest BCUT2D eigenvalue weighted by atomic mass is 32.2. The molecule has 2 heteroatoms. The Balaban J connectivity index is 2.16. The van der Waals surface area contributed by atoms with Crippen LogP contribution < -0.4 is 0 Å². The zero-order valence-corrected chi connectivity index (χ0v) is 10.7. The minimum Gasteiger partial charge on any atom is -0.299 e. The number of hydrogen-bond acceptors (Lipinski definition) is 2. The van der Waals surface area contributed by atoms with Crippen LogP contribution in [-0.2, 0) is 4.79 Å². The average Bonchev–Trinajstić information content (AvgIpc) is 2.72. The maximum Gasteiger partial charge on any atom is 0.144 e. The molecule has 1 aromatic carbocycles. The van der Waals surface area contributed by atoms with Gasteiger partial charge in [0.2, 0.25) is 0 Å². The van der Waals surface area contributed by atoms with Gasteiger partial charge in [-0.05, 0) is 18.1 Å². The Morgan fingerprint density at radius 1 is 1.50 bits per heavy atom. The summed E-state index contributed by atoms with van der Waals surface area (Å²) in [6.45, 7) is 4.21. The smallest absolute Gasteiger partial charge is 0.144 e. The van der Waals surface area contributed by atoms with E-state index < -0.39 is 0 Å². The third-order valence-electron chi connectivity index (χ3n) is 3.25. The van der Waals surface area contributed by atoms with Crippen LogP contribution in [0.15, 0.2) is 29.2 Å². The van der Waals surface area contributed by atoms with E-state index in [-0.39, 0.29) is 11.8 Å². The van der Waals surface area contributed by atoms with Crippen molar-refractivity contribution in [2.24, 2.45) is 5.92 Å². The van der Waals surface area contributed by atoms with Crippen molar-refractivity contribution in [2.75, 3.05) is 5.75 Å². The average molecular weight is 234 g/mol. The van der Waals surface area contributed by atoms with Crippen LogP contribution in [0.3, 0.4) is 0 Å². The van der Waals surface area contributed by atoms with Gasteiger partial charge in [0.1, 0.15) is 5.78 Å². The number of hydrogen-bond donors (Lipinski definition) is 0. The molecule has 0 aromatic heterocycles. The molecule has 1 heterocycles. The number of carbonyl (C=O) groups is 1. The molecule has 0 spiro atoms. The number of carbonyl (C=O) groups excluding carboxylic acids is 1. The molecular weight excluding hydrogens is 216 g/mol. The first kappa shape index (κ1) is 11.7. The van der Waals surface area contributed by atoms with Crippen molar-refractivity contribution in [1.82, 2.24) is 0 Å². The summed E-state index contributed by atoms with van der Waals surface area (Å²) in [7, 11) is 0. The second kappa shape index (κ2) is 5.05. The zero-order chi connectivity index (χ0) is 11.5. The lowest BCUT2D eigenvalue weighted by Crippen LogP contribution is -2.19. The van der Waals surface area contributed by atoms with Gasteiger partial charge in [-0.1, -0.05) is 38.5 Å². The summed E-state index contributed by atoms with van der Waals surface area (Å²) < 4.78 is 0. The fourth-order valence-corrected chi connectivity index (χ4v) is 3.56. The minimum atomic E-state index is 0.141. The summed E-state index contributed by atoms with van der Waals surface area (Å²) in [6, 6.07) is 8.32. The van der Waals surface area contributed by atoms with E-state index in [0.29, 0.717) is 5.78 Å². The Morgan fingerprint density at radius 3 is 3.00 bits per heavy atom. The van der Waals surface area contributed by atoms with Crippen LogP contribution in [0.25, 0.3) is 0 Å². The summed E-state index contributed by atoms with van der Waals surface area (Å²) in [6.07, 6.45) is 2.11. The van der Waals surface area contributed by atoms with E-state index >= 15 is 0 Å². The van der Waals surface area contributed by atoms with Crippen molar-refractivity contribution in [1.29, 1.82) is 0 Å². The third kappa shape index (κ3) is 2.17. The van der Waals surface area contributed by atoms with Gasteiger partial charge in [0.05, 0.1) is 5.92 Å². The minimum absolute atomic E-state index is 0.141. The first-order valence-electron chi connectivity index (χ1n) is 5.99. The summed E-state index contributed by atoms with van der Waals surface area (Å²) in [5.41, 5.74) is 1.25. The fraction of sp³-hybridized carbons (Fsp3) is 0.500. The zero-order valence-electron chi connectivity index (χ0n) is 9.90. The molecule has 1 aliphatic heterocycles. The predicted octanol–water partition coefficient (Wildman–Crippen LogP) is 3.88. The Hall–Kier alpha value is -0.760. The lowest BCUT2D eigenvalue weighted by atomic mass is 9.87. The van der Waals surface area contributed by atoms with E-state index in [1.165, 1.54) is 10.5 Å². The molecule has 1 aromatic rings. The van der Waals surface area contributed by atoms with E-state index in [2.05, 4.69) is 26.0 Å². The summed E-state index contributed by atoms with van der Waals surface area (Å²) in [5, 5.41) is 0. The van der Waals surface area contributed by atoms with E-state index in [9.17, 15) is 4.79 Å². The molecule has 0 bridgehead atoms. The number of benzene rings is 1. The highest BCUT2D eigenvalue weighted by molar-refractivity contribution is 7.99. The van der Waals surface area contributed by atoms with E-state index in [1.54, 1.807) is 0 Å². The predicted molar refractivity (Wildman–Crippen MR) is 69.0 cm³/mol. The van der Waals surface area contributed by atoms with Gasteiger partial charge >= 0.3 is 0 Å². The maximum atomic E-state index is 12.3. The fourth-order valence-electron chi connectivity index (χ4n) is 2.32. The normalized spacial score (nSPS) is 20.5. The summed E-state index contributed by atoms with van der Waals surface area (Å²) in [4.78, 5) is 13.6. The van der Waals surface area contributed by atoms with E-state index in [4.69, 9.17) is 0 Å². The molecule has 0 saturated carbocycles. The summed E-state index contributed by atoms with van der Waals surface area (Å²) in [5.74, 6) is 1.72. The first-order valence-corrected chi connectivity index (χ1v) is 6.98. The van der Waals surface area contributed by atoms with Gasteiger partial charge < -0.3 is 0 Å². The molecule has 16 heavy (non-hydrogen) atoms. The quantitative estimate of drug-likeness (QED) is 0.786. The second-order valence-electron chi connectivity index (χ2n) is 4.49. The standard InChI is InChI=1S/C14H18OS/c1-3-6-10(2)14(15)12-9-16-13-8-5-4-7-11(12)13/h4-5,7-8,10,12H,3,6,9H2,1-2H3. The number of rotatable bonds is 4. The number of fused-ring (bicyclic) bond motifs is 1. The molecule has 0 aliphatic carbocycles. The monoisotopic (exact) mass is 234 g/mol. The van der Waals surface area contributed by atoms with E-state index in [1.807, 2.05) is 23.9 Å². The molecule has 1 aliphatic rings. The van der Waals surface area contributed by atoms with Gasteiger partial charge in [-0.25, -0.2) is 0 Å². The Kier molecular flexibility index (Phi) is 3.70. The van der Waals surface area contributed by atoms with Crippen molar-refractivity contribution >= 4 is 17.5 Å². The molecule has 2 rings (SSSR count). The number of thioether (sulfide) groups is 1. The van der Waals surface area contributed by atoms with Gasteiger partial charge in [0.15, 0.2) is 0 Å². The summed E-state index contributed by atoms with van der Waals surface area (Å²) >= 11 is 1.82. The van der Waals surface area contributed by atoms with Gasteiger partial charge in [-0.2, -0.15) is 0 Å². The van der Waals surface area contributed by atoms with Crippen molar-refractivity contribution in [3.05, 3.63) is 29.8 Å². The van der Waals surface area contributed by atoms with Crippen molar-refractivity contribution < 1.29 is 4.79 Å². The molecule has 0 fully saturated rings.